The van der Waals surface area contributed by atoms with Crippen LogP contribution in [0.15, 0.2) is 23.1 Å². The maximum absolute atomic E-state index is 11.9. The smallest absolute Gasteiger partial charge is 0.246 e. The number of hydrogen-bond acceptors (Lipinski definition) is 3. The number of aromatic hydroxyl groups is 1. The van der Waals surface area contributed by atoms with E-state index in [0.717, 1.165) is 17.1 Å². The normalized spacial score (nSPS) is 12.0. The molecule has 5 heteroatoms. The zero-order valence-electron chi connectivity index (χ0n) is 10.5. The molecule has 1 N–H and O–H groups in total. The average Bonchev–Trinajstić information content (AvgIpc) is 2.27. The minimum Gasteiger partial charge on any atom is -0.506 e. The number of phenolic OH excluding ortho intramolecular Hbond substituents is 1. The SMILES string of the molecule is CCCCc1cccc(S(=O)(=O)N(C)C)c1O. The minimum atomic E-state index is -3.57. The largest absolute Gasteiger partial charge is 0.506 e. The maximum Gasteiger partial charge on any atom is 0.246 e. The summed E-state index contributed by atoms with van der Waals surface area (Å²) in [6.07, 6.45) is 2.63. The quantitative estimate of drug-likeness (QED) is 0.877. The van der Waals surface area contributed by atoms with Crippen LogP contribution >= 0.6 is 0 Å². The fourth-order valence-corrected chi connectivity index (χ4v) is 2.56. The Morgan fingerprint density at radius 3 is 2.47 bits per heavy atom. The van der Waals surface area contributed by atoms with E-state index in [4.69, 9.17) is 0 Å². The van der Waals surface area contributed by atoms with E-state index in [1.165, 1.54) is 20.2 Å². The lowest BCUT2D eigenvalue weighted by molar-refractivity contribution is 0.445. The van der Waals surface area contributed by atoms with E-state index >= 15 is 0 Å². The molecule has 17 heavy (non-hydrogen) atoms. The third-order valence-corrected chi connectivity index (χ3v) is 4.49. The molecule has 0 saturated heterocycles. The minimum absolute atomic E-state index is 0.0175. The topological polar surface area (TPSA) is 57.6 Å². The van der Waals surface area contributed by atoms with Crippen LogP contribution in [0.25, 0.3) is 0 Å². The van der Waals surface area contributed by atoms with Gasteiger partial charge in [0.05, 0.1) is 0 Å². The van der Waals surface area contributed by atoms with Crippen molar-refractivity contribution in [1.82, 2.24) is 4.31 Å². The van der Waals surface area contributed by atoms with Gasteiger partial charge < -0.3 is 5.11 Å². The van der Waals surface area contributed by atoms with Gasteiger partial charge in [-0.15, -0.1) is 0 Å². The van der Waals surface area contributed by atoms with Crippen LogP contribution in [0.3, 0.4) is 0 Å². The van der Waals surface area contributed by atoms with Crippen LogP contribution in [-0.2, 0) is 16.4 Å². The number of rotatable bonds is 5. The first-order chi connectivity index (χ1) is 7.91. The van der Waals surface area contributed by atoms with Crippen LogP contribution in [0.2, 0.25) is 0 Å². The Kier molecular flexibility index (Phi) is 4.54. The molecule has 0 aromatic heterocycles. The van der Waals surface area contributed by atoms with E-state index in [9.17, 15) is 13.5 Å². The lowest BCUT2D eigenvalue weighted by Gasteiger charge is -2.14. The van der Waals surface area contributed by atoms with Gasteiger partial charge in [0.1, 0.15) is 10.6 Å². The predicted octanol–water partition coefficient (Wildman–Crippen LogP) is 1.99. The molecule has 0 bridgehead atoms. The Labute approximate surface area is 103 Å². The molecule has 0 aliphatic carbocycles. The highest BCUT2D eigenvalue weighted by Crippen LogP contribution is 2.29. The van der Waals surface area contributed by atoms with Gasteiger partial charge in [-0.25, -0.2) is 12.7 Å². The molecule has 0 aliphatic rings. The Morgan fingerprint density at radius 1 is 1.29 bits per heavy atom. The maximum atomic E-state index is 11.9. The first-order valence-electron chi connectivity index (χ1n) is 5.64. The fourth-order valence-electron chi connectivity index (χ4n) is 1.54. The molecule has 0 aliphatic heterocycles. The number of nitrogens with zero attached hydrogens (tertiary/aromatic N) is 1. The highest BCUT2D eigenvalue weighted by atomic mass is 32.2. The summed E-state index contributed by atoms with van der Waals surface area (Å²) in [7, 11) is -0.668. The Hall–Kier alpha value is -1.07. The van der Waals surface area contributed by atoms with Gasteiger partial charge in [-0.05, 0) is 24.5 Å². The second-order valence-electron chi connectivity index (χ2n) is 4.15. The molecule has 1 aromatic carbocycles. The molecule has 0 fully saturated rings. The molecule has 0 unspecified atom stereocenters. The van der Waals surface area contributed by atoms with Crippen molar-refractivity contribution in [3.8, 4) is 5.75 Å². The fraction of sp³-hybridized carbons (Fsp3) is 0.500. The van der Waals surface area contributed by atoms with Crippen LogP contribution in [0.1, 0.15) is 25.3 Å². The van der Waals surface area contributed by atoms with Crippen molar-refractivity contribution >= 4 is 10.0 Å². The molecule has 0 radical (unpaired) electrons. The van der Waals surface area contributed by atoms with Gasteiger partial charge in [0.2, 0.25) is 10.0 Å². The number of hydrogen-bond donors (Lipinski definition) is 1. The number of phenols is 1. The van der Waals surface area contributed by atoms with E-state index in [0.29, 0.717) is 12.0 Å². The molecule has 0 saturated carbocycles. The van der Waals surface area contributed by atoms with Gasteiger partial charge in [-0.3, -0.25) is 0 Å². The summed E-state index contributed by atoms with van der Waals surface area (Å²) >= 11 is 0. The molecule has 4 nitrogen and oxygen atoms in total. The van der Waals surface area contributed by atoms with Gasteiger partial charge in [0, 0.05) is 14.1 Å². The monoisotopic (exact) mass is 257 g/mol. The van der Waals surface area contributed by atoms with Crippen LogP contribution in [0.4, 0.5) is 0 Å². The Balaban J connectivity index is 3.19. The van der Waals surface area contributed by atoms with E-state index in [1.54, 1.807) is 12.1 Å². The molecule has 1 aromatic rings. The van der Waals surface area contributed by atoms with Crippen LogP contribution in [0.5, 0.6) is 5.75 Å². The molecule has 96 valence electrons. The summed E-state index contributed by atoms with van der Waals surface area (Å²) < 4.78 is 25.0. The van der Waals surface area contributed by atoms with Crippen LogP contribution in [-0.4, -0.2) is 31.9 Å². The molecule has 0 atom stereocenters. The van der Waals surface area contributed by atoms with Crippen molar-refractivity contribution in [1.29, 1.82) is 0 Å². The summed E-state index contributed by atoms with van der Waals surface area (Å²) in [4.78, 5) is -0.0175. The lowest BCUT2D eigenvalue weighted by atomic mass is 10.1. The van der Waals surface area contributed by atoms with Crippen molar-refractivity contribution in [3.63, 3.8) is 0 Å². The molecular weight excluding hydrogens is 238 g/mol. The van der Waals surface area contributed by atoms with Crippen molar-refractivity contribution in [2.24, 2.45) is 0 Å². The van der Waals surface area contributed by atoms with Crippen molar-refractivity contribution in [3.05, 3.63) is 23.8 Å². The summed E-state index contributed by atoms with van der Waals surface area (Å²) in [5.41, 5.74) is 0.690. The highest BCUT2D eigenvalue weighted by Gasteiger charge is 2.22. The van der Waals surface area contributed by atoms with Crippen molar-refractivity contribution < 1.29 is 13.5 Å². The van der Waals surface area contributed by atoms with Crippen molar-refractivity contribution in [2.45, 2.75) is 31.1 Å². The average molecular weight is 257 g/mol. The standard InChI is InChI=1S/C12H19NO3S/c1-4-5-7-10-8-6-9-11(12(10)14)17(15,16)13(2)3/h6,8-9,14H,4-5,7H2,1-3H3. The number of unbranched alkanes of at least 4 members (excludes halogenated alkanes) is 1. The third kappa shape index (κ3) is 2.98. The van der Waals surface area contributed by atoms with Gasteiger partial charge in [-0.2, -0.15) is 0 Å². The Bertz CT molecular complexity index is 481. The van der Waals surface area contributed by atoms with Crippen LogP contribution < -0.4 is 0 Å². The lowest BCUT2D eigenvalue weighted by Crippen LogP contribution is -2.22. The van der Waals surface area contributed by atoms with Crippen LogP contribution in [0, 0.1) is 0 Å². The van der Waals surface area contributed by atoms with Crippen molar-refractivity contribution in [2.75, 3.05) is 14.1 Å². The molecule has 0 spiro atoms. The Morgan fingerprint density at radius 2 is 1.94 bits per heavy atom. The van der Waals surface area contributed by atoms with Gasteiger partial charge in [0.15, 0.2) is 0 Å². The van der Waals surface area contributed by atoms with Gasteiger partial charge >= 0.3 is 0 Å². The molecule has 0 heterocycles. The number of aryl methyl sites for hydroxylation is 1. The summed E-state index contributed by atoms with van der Waals surface area (Å²) in [6, 6.07) is 4.86. The number of sulfonamides is 1. The van der Waals surface area contributed by atoms with E-state index in [1.807, 2.05) is 0 Å². The third-order valence-electron chi connectivity index (χ3n) is 2.64. The molecule has 1 rings (SSSR count). The predicted molar refractivity (Wildman–Crippen MR) is 67.6 cm³/mol. The summed E-state index contributed by atoms with van der Waals surface area (Å²) in [6.45, 7) is 2.05. The summed E-state index contributed by atoms with van der Waals surface area (Å²) in [5.74, 6) is -0.116. The van der Waals surface area contributed by atoms with E-state index in [-0.39, 0.29) is 10.6 Å². The highest BCUT2D eigenvalue weighted by molar-refractivity contribution is 7.89. The van der Waals surface area contributed by atoms with Gasteiger partial charge in [0.25, 0.3) is 0 Å². The zero-order chi connectivity index (χ0) is 13.1. The first kappa shape index (κ1) is 14.0. The first-order valence-corrected chi connectivity index (χ1v) is 7.08. The van der Waals surface area contributed by atoms with Gasteiger partial charge in [-0.1, -0.05) is 25.5 Å². The number of para-hydroxylation sites is 1. The van der Waals surface area contributed by atoms with E-state index < -0.39 is 10.0 Å². The summed E-state index contributed by atoms with van der Waals surface area (Å²) in [5, 5.41) is 9.99. The van der Waals surface area contributed by atoms with E-state index in [2.05, 4.69) is 6.92 Å². The molecular formula is C12H19NO3S. The molecule has 0 amide bonds. The number of benzene rings is 1. The zero-order valence-corrected chi connectivity index (χ0v) is 11.3. The second kappa shape index (κ2) is 5.51. The second-order valence-corrected chi connectivity index (χ2v) is 6.28.